The summed E-state index contributed by atoms with van der Waals surface area (Å²) < 4.78 is 0. The lowest BCUT2D eigenvalue weighted by Crippen LogP contribution is -2.43. The molecule has 1 saturated heterocycles. The maximum absolute atomic E-state index is 6.31. The normalized spacial score (nSPS) is 27.0. The van der Waals surface area contributed by atoms with Crippen LogP contribution in [-0.2, 0) is 0 Å². The highest BCUT2D eigenvalue weighted by atomic mass is 15.2. The third-order valence-corrected chi connectivity index (χ3v) is 5.35. The fourth-order valence-corrected chi connectivity index (χ4v) is 3.46. The summed E-state index contributed by atoms with van der Waals surface area (Å²) >= 11 is 0. The zero-order chi connectivity index (χ0) is 13.2. The van der Waals surface area contributed by atoms with Crippen LogP contribution in [0.1, 0.15) is 72.1 Å². The Hall–Kier alpha value is -0.0800. The Bertz CT molecular complexity index is 268. The lowest BCUT2D eigenvalue weighted by molar-refractivity contribution is 0.132. The first-order valence-electron chi connectivity index (χ1n) is 8.01. The average molecular weight is 252 g/mol. The third kappa shape index (κ3) is 3.08. The molecule has 2 N–H and O–H groups in total. The maximum Gasteiger partial charge on any atom is 0.0237 e. The minimum Gasteiger partial charge on any atom is -0.326 e. The Balaban J connectivity index is 1.73. The number of nitrogens with zero attached hydrogens (tertiary/aromatic N) is 1. The van der Waals surface area contributed by atoms with Gasteiger partial charge in [0.15, 0.2) is 0 Å². The second-order valence-corrected chi connectivity index (χ2v) is 7.33. The topological polar surface area (TPSA) is 29.3 Å². The summed E-state index contributed by atoms with van der Waals surface area (Å²) in [5.74, 6) is 0. The molecule has 1 aliphatic carbocycles. The number of likely N-dealkylation sites (tertiary alicyclic amines) is 1. The van der Waals surface area contributed by atoms with Gasteiger partial charge in [0.25, 0.3) is 0 Å². The highest BCUT2D eigenvalue weighted by Crippen LogP contribution is 2.53. The van der Waals surface area contributed by atoms with Crippen LogP contribution in [0.15, 0.2) is 0 Å². The van der Waals surface area contributed by atoms with E-state index in [1.165, 1.54) is 57.9 Å². The van der Waals surface area contributed by atoms with Gasteiger partial charge in [0, 0.05) is 24.7 Å². The molecule has 0 aromatic carbocycles. The molecular weight excluding hydrogens is 220 g/mol. The summed E-state index contributed by atoms with van der Waals surface area (Å²) in [6, 6.07) is 0.442. The third-order valence-electron chi connectivity index (χ3n) is 5.35. The molecule has 2 aliphatic rings. The molecule has 18 heavy (non-hydrogen) atoms. The lowest BCUT2D eigenvalue weighted by atomic mass is 9.94. The van der Waals surface area contributed by atoms with Gasteiger partial charge in [-0.15, -0.1) is 0 Å². The SMILES string of the molecule is CCCCCCCC(C)(C)N1CC(N)C2(CC2)C1. The number of unbranched alkanes of at least 4 members (excludes halogenated alkanes) is 4. The van der Waals surface area contributed by atoms with E-state index in [1.807, 2.05) is 0 Å². The zero-order valence-electron chi connectivity index (χ0n) is 12.7. The van der Waals surface area contributed by atoms with Crippen LogP contribution < -0.4 is 5.73 Å². The van der Waals surface area contributed by atoms with Crippen LogP contribution in [0, 0.1) is 5.41 Å². The van der Waals surface area contributed by atoms with Gasteiger partial charge in [-0.25, -0.2) is 0 Å². The molecule has 1 atom stereocenters. The van der Waals surface area contributed by atoms with E-state index in [9.17, 15) is 0 Å². The first-order valence-corrected chi connectivity index (χ1v) is 8.01. The van der Waals surface area contributed by atoms with Gasteiger partial charge in [0.2, 0.25) is 0 Å². The first-order chi connectivity index (χ1) is 8.50. The summed E-state index contributed by atoms with van der Waals surface area (Å²) in [6.07, 6.45) is 11.0. The fraction of sp³-hybridized carbons (Fsp3) is 1.00. The summed E-state index contributed by atoms with van der Waals surface area (Å²) in [4.78, 5) is 2.67. The molecule has 1 saturated carbocycles. The summed E-state index contributed by atoms with van der Waals surface area (Å²) in [7, 11) is 0. The van der Waals surface area contributed by atoms with Crippen LogP contribution in [-0.4, -0.2) is 29.6 Å². The predicted molar refractivity (Wildman–Crippen MR) is 78.7 cm³/mol. The molecule has 1 aliphatic heterocycles. The molecule has 1 heterocycles. The van der Waals surface area contributed by atoms with Crippen molar-refractivity contribution in [2.45, 2.75) is 83.7 Å². The smallest absolute Gasteiger partial charge is 0.0237 e. The summed E-state index contributed by atoms with van der Waals surface area (Å²) in [5.41, 5.74) is 7.20. The molecule has 0 aromatic rings. The fourth-order valence-electron chi connectivity index (χ4n) is 3.46. The van der Waals surface area contributed by atoms with Crippen molar-refractivity contribution in [1.82, 2.24) is 4.90 Å². The zero-order valence-corrected chi connectivity index (χ0v) is 12.7. The van der Waals surface area contributed by atoms with E-state index in [-0.39, 0.29) is 0 Å². The van der Waals surface area contributed by atoms with Crippen LogP contribution in [0.3, 0.4) is 0 Å². The van der Waals surface area contributed by atoms with Crippen LogP contribution in [0.25, 0.3) is 0 Å². The highest BCUT2D eigenvalue weighted by molar-refractivity contribution is 5.10. The number of hydrogen-bond donors (Lipinski definition) is 1. The molecule has 0 amide bonds. The van der Waals surface area contributed by atoms with Gasteiger partial charge < -0.3 is 5.73 Å². The largest absolute Gasteiger partial charge is 0.326 e. The van der Waals surface area contributed by atoms with Gasteiger partial charge in [0.1, 0.15) is 0 Å². The number of nitrogens with two attached hydrogens (primary N) is 1. The van der Waals surface area contributed by atoms with Crippen LogP contribution >= 0.6 is 0 Å². The van der Waals surface area contributed by atoms with Crippen molar-refractivity contribution in [1.29, 1.82) is 0 Å². The Morgan fingerprint density at radius 2 is 1.83 bits per heavy atom. The van der Waals surface area contributed by atoms with Crippen molar-refractivity contribution in [3.05, 3.63) is 0 Å². The van der Waals surface area contributed by atoms with Crippen molar-refractivity contribution < 1.29 is 0 Å². The van der Waals surface area contributed by atoms with Crippen molar-refractivity contribution >= 4 is 0 Å². The standard InChI is InChI=1S/C16H32N2/c1-4-5-6-7-8-9-15(2,3)18-12-14(17)16(13-18)10-11-16/h14H,4-13,17H2,1-3H3. The number of hydrogen-bond acceptors (Lipinski definition) is 2. The molecule has 1 unspecified atom stereocenters. The molecule has 2 fully saturated rings. The first kappa shape index (κ1) is 14.3. The van der Waals surface area contributed by atoms with Gasteiger partial charge in [-0.1, -0.05) is 39.0 Å². The van der Waals surface area contributed by atoms with E-state index in [0.29, 0.717) is 17.0 Å². The molecule has 0 aromatic heterocycles. The minimum absolute atomic E-state index is 0.357. The van der Waals surface area contributed by atoms with E-state index in [2.05, 4.69) is 25.7 Å². The lowest BCUT2D eigenvalue weighted by Gasteiger charge is -2.36. The molecule has 0 radical (unpaired) electrons. The minimum atomic E-state index is 0.357. The Morgan fingerprint density at radius 3 is 2.39 bits per heavy atom. The van der Waals surface area contributed by atoms with E-state index >= 15 is 0 Å². The summed E-state index contributed by atoms with van der Waals surface area (Å²) in [6.45, 7) is 9.50. The monoisotopic (exact) mass is 252 g/mol. The molecule has 106 valence electrons. The van der Waals surface area contributed by atoms with Gasteiger partial charge in [-0.3, -0.25) is 4.90 Å². The maximum atomic E-state index is 6.31. The number of rotatable bonds is 7. The van der Waals surface area contributed by atoms with Crippen LogP contribution in [0.2, 0.25) is 0 Å². The molecule has 1 spiro atoms. The van der Waals surface area contributed by atoms with E-state index in [1.54, 1.807) is 0 Å². The second kappa shape index (κ2) is 5.50. The molecule has 2 nitrogen and oxygen atoms in total. The molecule has 2 rings (SSSR count). The molecule has 2 heteroatoms. The van der Waals surface area contributed by atoms with Gasteiger partial charge >= 0.3 is 0 Å². The quantitative estimate of drug-likeness (QED) is 0.702. The summed E-state index contributed by atoms with van der Waals surface area (Å²) in [5, 5.41) is 0. The average Bonchev–Trinajstić information content (AvgIpc) is 3.00. The van der Waals surface area contributed by atoms with Crippen LogP contribution in [0.5, 0.6) is 0 Å². The van der Waals surface area contributed by atoms with Crippen LogP contribution in [0.4, 0.5) is 0 Å². The van der Waals surface area contributed by atoms with Gasteiger partial charge in [0.05, 0.1) is 0 Å². The van der Waals surface area contributed by atoms with Crippen molar-refractivity contribution in [3.63, 3.8) is 0 Å². The van der Waals surface area contributed by atoms with Crippen molar-refractivity contribution in [2.75, 3.05) is 13.1 Å². The molecule has 0 bridgehead atoms. The van der Waals surface area contributed by atoms with Crippen molar-refractivity contribution in [2.24, 2.45) is 11.1 Å². The van der Waals surface area contributed by atoms with Crippen molar-refractivity contribution in [3.8, 4) is 0 Å². The second-order valence-electron chi connectivity index (χ2n) is 7.33. The Labute approximate surface area is 113 Å². The molecular formula is C16H32N2. The van der Waals surface area contributed by atoms with Gasteiger partial charge in [-0.2, -0.15) is 0 Å². The van der Waals surface area contributed by atoms with Gasteiger partial charge in [-0.05, 0) is 38.5 Å². The Morgan fingerprint density at radius 1 is 1.17 bits per heavy atom. The Kier molecular flexibility index (Phi) is 4.38. The van der Waals surface area contributed by atoms with E-state index < -0.39 is 0 Å². The van der Waals surface area contributed by atoms with E-state index in [4.69, 9.17) is 5.73 Å². The van der Waals surface area contributed by atoms with E-state index in [0.717, 1.165) is 6.54 Å². The highest BCUT2D eigenvalue weighted by Gasteiger charge is 2.55. The predicted octanol–water partition coefficient (Wildman–Crippen LogP) is 3.55.